The predicted octanol–water partition coefficient (Wildman–Crippen LogP) is 5.32. The quantitative estimate of drug-likeness (QED) is 0.274. The van der Waals surface area contributed by atoms with Gasteiger partial charge in [0.2, 0.25) is 0 Å². The lowest BCUT2D eigenvalue weighted by molar-refractivity contribution is -0.0559. The minimum absolute atomic E-state index is 0.0469. The van der Waals surface area contributed by atoms with Crippen LogP contribution in [-0.4, -0.2) is 60.9 Å². The molecule has 3 rings (SSSR count). The van der Waals surface area contributed by atoms with Gasteiger partial charge < -0.3 is 19.5 Å². The molecule has 1 aromatic carbocycles. The van der Waals surface area contributed by atoms with Crippen LogP contribution in [0.5, 0.6) is 0 Å². The molecule has 33 heavy (non-hydrogen) atoms. The molecule has 1 unspecified atom stereocenters. The lowest BCUT2D eigenvalue weighted by Gasteiger charge is -2.32. The van der Waals surface area contributed by atoms with Gasteiger partial charge in [-0.25, -0.2) is 9.97 Å². The van der Waals surface area contributed by atoms with E-state index in [1.165, 1.54) is 6.33 Å². The minimum atomic E-state index is -0.0469. The van der Waals surface area contributed by atoms with Crippen molar-refractivity contribution >= 4 is 40.8 Å². The van der Waals surface area contributed by atoms with Crippen LogP contribution in [0, 0.1) is 0 Å². The van der Waals surface area contributed by atoms with Crippen LogP contribution in [0.25, 0.3) is 6.08 Å². The zero-order valence-electron chi connectivity index (χ0n) is 18.8. The van der Waals surface area contributed by atoms with E-state index in [-0.39, 0.29) is 6.10 Å². The Labute approximate surface area is 204 Å². The van der Waals surface area contributed by atoms with E-state index in [4.69, 9.17) is 37.4 Å². The number of ether oxygens (including phenoxy) is 3. The number of nitrogens with one attached hydrogen (secondary N) is 1. The summed E-state index contributed by atoms with van der Waals surface area (Å²) in [6.07, 6.45) is 6.98. The third-order valence-electron chi connectivity index (χ3n) is 4.92. The van der Waals surface area contributed by atoms with Crippen LogP contribution in [0.4, 0.5) is 11.5 Å². The average Bonchev–Trinajstić information content (AvgIpc) is 2.81. The van der Waals surface area contributed by atoms with Crippen LogP contribution < -0.4 is 5.32 Å². The molecule has 9 heteroatoms. The highest BCUT2D eigenvalue weighted by Crippen LogP contribution is 2.27. The van der Waals surface area contributed by atoms with E-state index in [9.17, 15) is 0 Å². The van der Waals surface area contributed by atoms with E-state index < -0.39 is 0 Å². The molecule has 1 aliphatic rings. The van der Waals surface area contributed by atoms with E-state index in [0.717, 1.165) is 25.3 Å². The van der Waals surface area contributed by atoms with Gasteiger partial charge in [0.1, 0.15) is 24.9 Å². The standard InChI is InChI=1S/C24H28Cl2N4O3/c1-4-8-30-9-10-32-19(14-30)15-33-23(22(5-2)31-3)12-18-13-24(28-16-27-18)29-17-6-7-20(25)21(26)11-17/h4-7,11-13,16,19H,1,8-10,14-15H2,2-3H3,(H,27,28,29)/b22-5+,23-12+. The number of halogens is 2. The van der Waals surface area contributed by atoms with Crippen molar-refractivity contribution in [3.05, 3.63) is 76.6 Å². The van der Waals surface area contributed by atoms with E-state index in [2.05, 4.69) is 26.8 Å². The molecule has 0 aliphatic carbocycles. The zero-order chi connectivity index (χ0) is 23.6. The summed E-state index contributed by atoms with van der Waals surface area (Å²) >= 11 is 12.1. The Morgan fingerprint density at radius 2 is 2.12 bits per heavy atom. The minimum Gasteiger partial charge on any atom is -0.493 e. The van der Waals surface area contributed by atoms with Crippen molar-refractivity contribution in [3.8, 4) is 0 Å². The maximum atomic E-state index is 6.12. The maximum Gasteiger partial charge on any atom is 0.163 e. The largest absolute Gasteiger partial charge is 0.493 e. The Balaban J connectivity index is 1.74. The van der Waals surface area contributed by atoms with Gasteiger partial charge >= 0.3 is 0 Å². The highest BCUT2D eigenvalue weighted by molar-refractivity contribution is 6.42. The molecule has 0 radical (unpaired) electrons. The molecule has 1 N–H and O–H groups in total. The number of hydrogen-bond donors (Lipinski definition) is 1. The van der Waals surface area contributed by atoms with Gasteiger partial charge in [0, 0.05) is 37.5 Å². The fourth-order valence-electron chi connectivity index (χ4n) is 3.33. The second-order valence-corrected chi connectivity index (χ2v) is 8.11. The van der Waals surface area contributed by atoms with Crippen molar-refractivity contribution in [2.75, 3.05) is 45.3 Å². The van der Waals surface area contributed by atoms with Gasteiger partial charge in [0.15, 0.2) is 11.5 Å². The Hall–Kier alpha value is -2.58. The summed E-state index contributed by atoms with van der Waals surface area (Å²) in [6.45, 7) is 9.25. The van der Waals surface area contributed by atoms with Crippen LogP contribution >= 0.6 is 23.2 Å². The summed E-state index contributed by atoms with van der Waals surface area (Å²) in [5.74, 6) is 1.76. The number of benzene rings is 1. The molecule has 0 bridgehead atoms. The first-order chi connectivity index (χ1) is 16.0. The number of morpholine rings is 1. The summed E-state index contributed by atoms with van der Waals surface area (Å²) < 4.78 is 17.5. The Morgan fingerprint density at radius 3 is 2.85 bits per heavy atom. The molecule has 1 atom stereocenters. The molecule has 7 nitrogen and oxygen atoms in total. The number of anilines is 2. The topological polar surface area (TPSA) is 68.7 Å². The first kappa shape index (κ1) is 25.1. The fourth-order valence-corrected chi connectivity index (χ4v) is 3.63. The van der Waals surface area contributed by atoms with E-state index in [0.29, 0.717) is 46.3 Å². The summed E-state index contributed by atoms with van der Waals surface area (Å²) in [5.41, 5.74) is 1.41. The van der Waals surface area contributed by atoms with Gasteiger partial charge in [-0.05, 0) is 31.2 Å². The molecule has 176 valence electrons. The smallest absolute Gasteiger partial charge is 0.163 e. The van der Waals surface area contributed by atoms with Gasteiger partial charge in [0.05, 0.1) is 29.5 Å². The second-order valence-electron chi connectivity index (χ2n) is 7.30. The fraction of sp³-hybridized carbons (Fsp3) is 0.333. The highest BCUT2D eigenvalue weighted by Gasteiger charge is 2.21. The van der Waals surface area contributed by atoms with Crippen molar-refractivity contribution in [2.24, 2.45) is 0 Å². The third-order valence-corrected chi connectivity index (χ3v) is 5.66. The summed E-state index contributed by atoms with van der Waals surface area (Å²) in [5, 5.41) is 4.15. The summed E-state index contributed by atoms with van der Waals surface area (Å²) in [6, 6.07) is 7.08. The molecule has 0 amide bonds. The first-order valence-electron chi connectivity index (χ1n) is 10.6. The molecular weight excluding hydrogens is 463 g/mol. The number of methoxy groups -OCH3 is 1. The summed E-state index contributed by atoms with van der Waals surface area (Å²) in [4.78, 5) is 10.9. The van der Waals surface area contributed by atoms with Crippen molar-refractivity contribution < 1.29 is 14.2 Å². The number of aromatic nitrogens is 2. The lowest BCUT2D eigenvalue weighted by Crippen LogP contribution is -2.44. The maximum absolute atomic E-state index is 6.12. The molecule has 2 heterocycles. The van der Waals surface area contributed by atoms with Crippen LogP contribution in [0.2, 0.25) is 10.0 Å². The van der Waals surface area contributed by atoms with Gasteiger partial charge in [-0.2, -0.15) is 0 Å². The van der Waals surface area contributed by atoms with Crippen LogP contribution in [0.15, 0.2) is 60.8 Å². The molecule has 1 aliphatic heterocycles. The number of nitrogens with zero attached hydrogens (tertiary/aromatic N) is 3. The molecule has 0 spiro atoms. The lowest BCUT2D eigenvalue weighted by atomic mass is 10.2. The van der Waals surface area contributed by atoms with Gasteiger partial charge in [-0.15, -0.1) is 6.58 Å². The SMILES string of the molecule is C=CCN1CCOC(COC(=C/c2cc(Nc3ccc(Cl)c(Cl)c3)ncn2)/C(=C\C)OC)C1. The van der Waals surface area contributed by atoms with E-state index >= 15 is 0 Å². The van der Waals surface area contributed by atoms with Crippen molar-refractivity contribution in [3.63, 3.8) is 0 Å². The predicted molar refractivity (Wildman–Crippen MR) is 133 cm³/mol. The van der Waals surface area contributed by atoms with Crippen LogP contribution in [0.3, 0.4) is 0 Å². The Kier molecular flexibility index (Phi) is 9.57. The number of rotatable bonds is 10. The van der Waals surface area contributed by atoms with Crippen molar-refractivity contribution in [1.29, 1.82) is 0 Å². The molecule has 0 saturated carbocycles. The third kappa shape index (κ3) is 7.47. The molecule has 2 aromatic rings. The van der Waals surface area contributed by atoms with E-state index in [1.807, 2.05) is 31.2 Å². The molecular formula is C24H28Cl2N4O3. The number of allylic oxidation sites excluding steroid dienone is 1. The molecule has 1 fully saturated rings. The first-order valence-corrected chi connectivity index (χ1v) is 11.3. The normalized spacial score (nSPS) is 17.5. The molecule has 1 aromatic heterocycles. The highest BCUT2D eigenvalue weighted by atomic mass is 35.5. The van der Waals surface area contributed by atoms with Gasteiger partial charge in [0.25, 0.3) is 0 Å². The Morgan fingerprint density at radius 1 is 1.27 bits per heavy atom. The van der Waals surface area contributed by atoms with Crippen LogP contribution in [-0.2, 0) is 14.2 Å². The van der Waals surface area contributed by atoms with E-state index in [1.54, 1.807) is 25.3 Å². The van der Waals surface area contributed by atoms with Crippen molar-refractivity contribution in [2.45, 2.75) is 13.0 Å². The second kappa shape index (κ2) is 12.6. The Bertz CT molecular complexity index is 1010. The van der Waals surface area contributed by atoms with Gasteiger partial charge in [-0.1, -0.05) is 29.3 Å². The molecule has 1 saturated heterocycles. The summed E-state index contributed by atoms with van der Waals surface area (Å²) in [7, 11) is 1.60. The monoisotopic (exact) mass is 490 g/mol. The zero-order valence-corrected chi connectivity index (χ0v) is 20.3. The average molecular weight is 491 g/mol. The van der Waals surface area contributed by atoms with Crippen LogP contribution in [0.1, 0.15) is 12.6 Å². The van der Waals surface area contributed by atoms with Gasteiger partial charge in [-0.3, -0.25) is 4.90 Å². The van der Waals surface area contributed by atoms with Crippen molar-refractivity contribution in [1.82, 2.24) is 14.9 Å². The number of hydrogen-bond acceptors (Lipinski definition) is 7.